The first kappa shape index (κ1) is 46.1. The van der Waals surface area contributed by atoms with E-state index < -0.39 is 0 Å². The van der Waals surface area contributed by atoms with Crippen molar-refractivity contribution in [1.82, 2.24) is 30.1 Å². The summed E-state index contributed by atoms with van der Waals surface area (Å²) in [5.74, 6) is 0.843. The molecule has 1 saturated heterocycles. The van der Waals surface area contributed by atoms with Gasteiger partial charge < -0.3 is 24.4 Å². The lowest BCUT2D eigenvalue weighted by Gasteiger charge is -2.25. The van der Waals surface area contributed by atoms with Crippen LogP contribution >= 0.6 is 11.8 Å². The van der Waals surface area contributed by atoms with Crippen LogP contribution in [0.15, 0.2) is 6.20 Å². The Bertz CT molecular complexity index is 1070. The third-order valence-electron chi connectivity index (χ3n) is 7.42. The maximum absolute atomic E-state index is 12.7. The highest BCUT2D eigenvalue weighted by molar-refractivity contribution is 8.00. The number of imide groups is 1. The van der Waals surface area contributed by atoms with Crippen molar-refractivity contribution in [3.05, 3.63) is 11.9 Å². The second-order valence-electron chi connectivity index (χ2n) is 11.4. The topological polar surface area (TPSA) is 162 Å². The number of ketones is 1. The lowest BCUT2D eigenvalue weighted by molar-refractivity contribution is -0.139. The summed E-state index contributed by atoms with van der Waals surface area (Å²) in [6.07, 6.45) is 8.44. The molecule has 1 unspecified atom stereocenters. The first-order chi connectivity index (χ1) is 23.7. The third kappa shape index (κ3) is 19.8. The van der Waals surface area contributed by atoms with E-state index in [1.165, 1.54) is 45.5 Å². The van der Waals surface area contributed by atoms with E-state index >= 15 is 0 Å². The van der Waals surface area contributed by atoms with Gasteiger partial charge in [0.2, 0.25) is 24.1 Å². The number of hydrogen-bond acceptors (Lipinski definition) is 11. The fraction of sp³-hybridized carbons (Fsp3) is 0.794. The smallest absolute Gasteiger partial charge is 0.248 e. The van der Waals surface area contributed by atoms with Gasteiger partial charge in [-0.2, -0.15) is 0 Å². The minimum atomic E-state index is -0.308. The van der Waals surface area contributed by atoms with Crippen LogP contribution in [0, 0.1) is 11.8 Å². The largest absolute Gasteiger partial charge is 0.378 e. The number of Topliss-reactive ketones (excluding diaryl/α,β-unsaturated/α-hetero) is 1. The Morgan fingerprint density at radius 2 is 1.69 bits per heavy atom. The second kappa shape index (κ2) is 28.9. The van der Waals surface area contributed by atoms with Gasteiger partial charge in [0, 0.05) is 45.3 Å². The van der Waals surface area contributed by atoms with Gasteiger partial charge in [0.25, 0.3) is 0 Å². The first-order valence-electron chi connectivity index (χ1n) is 17.6. The molecule has 1 aliphatic carbocycles. The van der Waals surface area contributed by atoms with Crippen LogP contribution in [0.25, 0.3) is 0 Å². The van der Waals surface area contributed by atoms with Gasteiger partial charge in [-0.3, -0.25) is 28.9 Å². The van der Waals surface area contributed by atoms with Gasteiger partial charge in [-0.15, -0.1) is 16.9 Å². The number of amides is 4. The Morgan fingerprint density at radius 1 is 1.04 bits per heavy atom. The standard InChI is InChI=1S/C28H45N5O7S.C2H5NO.2C2H6/c1-21(2)24(34)18-32-17-23(29-30-32)19-39-10-9-31(3)27(36)20-40-12-11-38-13-14-41-25-15-26(35)33(28(25)37)16-22-7-5-4-6-8-22;1-3-2-4;2*1-2/h17,21-22,25H,4-16,18-20H2,1-3H3;2H,1H3,(H,3,4);2*1-2H3. The molecule has 49 heavy (non-hydrogen) atoms. The highest BCUT2D eigenvalue weighted by Crippen LogP contribution is 2.29. The van der Waals surface area contributed by atoms with Gasteiger partial charge in [-0.25, -0.2) is 4.68 Å². The fourth-order valence-corrected chi connectivity index (χ4v) is 5.70. The van der Waals surface area contributed by atoms with Crippen molar-refractivity contribution in [3.8, 4) is 0 Å². The SMILES string of the molecule is CC.CC.CC(C)C(=O)Cn1cc(COCCN(C)C(=O)COCCOCCSC2CC(=O)N(CC3CCCCC3)C2=O)nn1.CNC=O. The van der Waals surface area contributed by atoms with Crippen LogP contribution in [0.4, 0.5) is 0 Å². The Morgan fingerprint density at radius 3 is 2.33 bits per heavy atom. The molecule has 2 heterocycles. The molecule has 0 bridgehead atoms. The summed E-state index contributed by atoms with van der Waals surface area (Å²) >= 11 is 1.47. The van der Waals surface area contributed by atoms with Gasteiger partial charge in [0.1, 0.15) is 18.8 Å². The minimum Gasteiger partial charge on any atom is -0.378 e. The van der Waals surface area contributed by atoms with Crippen LogP contribution < -0.4 is 5.32 Å². The predicted octanol–water partition coefficient (Wildman–Crippen LogP) is 3.37. The normalized spacial score (nSPS) is 15.8. The van der Waals surface area contributed by atoms with Gasteiger partial charge in [0.15, 0.2) is 5.78 Å². The van der Waals surface area contributed by atoms with Crippen LogP contribution in [-0.4, -0.2) is 126 Å². The van der Waals surface area contributed by atoms with Crippen molar-refractivity contribution < 1.29 is 38.2 Å². The number of likely N-dealkylation sites (N-methyl/N-ethyl adjacent to an activating group) is 1. The van der Waals surface area contributed by atoms with Crippen molar-refractivity contribution in [3.63, 3.8) is 0 Å². The van der Waals surface area contributed by atoms with Crippen LogP contribution in [-0.2, 0) is 51.3 Å². The van der Waals surface area contributed by atoms with E-state index in [4.69, 9.17) is 19.0 Å². The van der Waals surface area contributed by atoms with E-state index in [0.717, 1.165) is 12.8 Å². The lowest BCUT2D eigenvalue weighted by atomic mass is 9.89. The molecule has 1 aromatic heterocycles. The monoisotopic (exact) mass is 714 g/mol. The van der Waals surface area contributed by atoms with E-state index in [-0.39, 0.29) is 67.5 Å². The summed E-state index contributed by atoms with van der Waals surface area (Å²) in [6, 6.07) is 0. The zero-order valence-electron chi connectivity index (χ0n) is 31.1. The molecule has 14 nitrogen and oxygen atoms in total. The molecule has 1 saturated carbocycles. The Balaban J connectivity index is 0.00000263. The van der Waals surface area contributed by atoms with Crippen LogP contribution in [0.3, 0.4) is 0 Å². The quantitative estimate of drug-likeness (QED) is 0.120. The molecule has 1 aromatic rings. The zero-order chi connectivity index (χ0) is 37.0. The number of aromatic nitrogens is 3. The summed E-state index contributed by atoms with van der Waals surface area (Å²) in [4.78, 5) is 61.1. The number of thioether (sulfide) groups is 1. The van der Waals surface area contributed by atoms with Crippen molar-refractivity contribution in [2.75, 3.05) is 66.0 Å². The number of carbonyl (C=O) groups is 5. The van der Waals surface area contributed by atoms with Crippen molar-refractivity contribution >= 4 is 41.7 Å². The van der Waals surface area contributed by atoms with Crippen molar-refractivity contribution in [2.24, 2.45) is 11.8 Å². The average Bonchev–Trinajstić information content (AvgIpc) is 3.68. The number of hydrogen-bond donors (Lipinski definition) is 1. The predicted molar refractivity (Wildman–Crippen MR) is 191 cm³/mol. The molecule has 15 heteroatoms. The van der Waals surface area contributed by atoms with Gasteiger partial charge >= 0.3 is 0 Å². The summed E-state index contributed by atoms with van der Waals surface area (Å²) in [5.41, 5.74) is 0.622. The molecule has 282 valence electrons. The molecule has 4 amide bonds. The molecule has 0 aromatic carbocycles. The summed E-state index contributed by atoms with van der Waals surface area (Å²) < 4.78 is 18.1. The van der Waals surface area contributed by atoms with Crippen LogP contribution in [0.2, 0.25) is 0 Å². The highest BCUT2D eigenvalue weighted by Gasteiger charge is 2.39. The number of rotatable bonds is 20. The molecule has 0 spiro atoms. The third-order valence-corrected chi connectivity index (χ3v) is 8.60. The van der Waals surface area contributed by atoms with E-state index in [1.54, 1.807) is 20.3 Å². The van der Waals surface area contributed by atoms with Crippen LogP contribution in [0.5, 0.6) is 0 Å². The zero-order valence-corrected chi connectivity index (χ0v) is 31.9. The van der Waals surface area contributed by atoms with Gasteiger partial charge in [0.05, 0.1) is 44.5 Å². The highest BCUT2D eigenvalue weighted by atomic mass is 32.2. The maximum Gasteiger partial charge on any atom is 0.248 e. The molecule has 1 N–H and O–H groups in total. The molecule has 3 rings (SSSR count). The molecule has 1 aliphatic heterocycles. The Kier molecular flexibility index (Phi) is 27.2. The van der Waals surface area contributed by atoms with Gasteiger partial charge in [-0.1, -0.05) is 66.0 Å². The summed E-state index contributed by atoms with van der Waals surface area (Å²) in [6.45, 7) is 14.5. The Labute approximate surface area is 297 Å². The second-order valence-corrected chi connectivity index (χ2v) is 12.7. The molecule has 2 aliphatic rings. The Hall–Kier alpha value is -2.88. The van der Waals surface area contributed by atoms with E-state index in [9.17, 15) is 19.2 Å². The molecule has 1 atom stereocenters. The first-order valence-corrected chi connectivity index (χ1v) is 18.7. The number of nitrogens with zero attached hydrogens (tertiary/aromatic N) is 5. The summed E-state index contributed by atoms with van der Waals surface area (Å²) in [5, 5.41) is 9.88. The van der Waals surface area contributed by atoms with Gasteiger partial charge in [-0.05, 0) is 18.8 Å². The number of nitrogens with one attached hydrogen (secondary N) is 1. The summed E-state index contributed by atoms with van der Waals surface area (Å²) in [7, 11) is 3.24. The van der Waals surface area contributed by atoms with E-state index in [1.807, 2.05) is 41.5 Å². The maximum atomic E-state index is 12.7. The minimum absolute atomic E-state index is 0.0474. The molecular weight excluding hydrogens is 652 g/mol. The van der Waals surface area contributed by atoms with E-state index in [2.05, 4.69) is 15.6 Å². The van der Waals surface area contributed by atoms with E-state index in [0.29, 0.717) is 56.7 Å². The van der Waals surface area contributed by atoms with Crippen molar-refractivity contribution in [2.45, 2.75) is 98.5 Å². The van der Waals surface area contributed by atoms with Crippen LogP contribution in [0.1, 0.15) is 85.8 Å². The molecular formula is C34H62N6O8S. The number of ether oxygens (including phenoxy) is 3. The number of carbonyl (C=O) groups excluding carboxylic acids is 5. The molecule has 2 fully saturated rings. The average molecular weight is 715 g/mol. The molecule has 0 radical (unpaired) electrons. The fourth-order valence-electron chi connectivity index (χ4n) is 4.67. The van der Waals surface area contributed by atoms with Crippen molar-refractivity contribution in [1.29, 1.82) is 0 Å². The number of likely N-dealkylation sites (tertiary alicyclic amines) is 1. The lowest BCUT2D eigenvalue weighted by Crippen LogP contribution is -2.36.